The van der Waals surface area contributed by atoms with Crippen LogP contribution in [0.25, 0.3) is 6.08 Å². The maximum atomic E-state index is 12.8. The third kappa shape index (κ3) is 6.71. The van der Waals surface area contributed by atoms with Crippen LogP contribution in [0.5, 0.6) is 5.75 Å². The van der Waals surface area contributed by atoms with Crippen LogP contribution in [0.3, 0.4) is 0 Å². The molecular formula is C25H29NO2S2. The van der Waals surface area contributed by atoms with Crippen LogP contribution in [0.1, 0.15) is 56.6 Å². The van der Waals surface area contributed by atoms with Gasteiger partial charge in [0.25, 0.3) is 5.91 Å². The Balaban J connectivity index is 1.50. The summed E-state index contributed by atoms with van der Waals surface area (Å²) in [6.45, 7) is 3.50. The maximum absolute atomic E-state index is 12.8. The van der Waals surface area contributed by atoms with Crippen molar-refractivity contribution in [2.75, 3.05) is 6.61 Å². The first-order valence-corrected chi connectivity index (χ1v) is 11.9. The smallest absolute Gasteiger partial charge is 0.266 e. The second kappa shape index (κ2) is 11.9. The Kier molecular flexibility index (Phi) is 8.97. The Morgan fingerprint density at radius 3 is 2.40 bits per heavy atom. The Labute approximate surface area is 189 Å². The Hall–Kier alpha value is -2.11. The highest BCUT2D eigenvalue weighted by molar-refractivity contribution is 8.26. The predicted molar refractivity (Wildman–Crippen MR) is 130 cm³/mol. The van der Waals surface area contributed by atoms with Crippen molar-refractivity contribution in [2.24, 2.45) is 0 Å². The Morgan fingerprint density at radius 1 is 0.967 bits per heavy atom. The molecular weight excluding hydrogens is 410 g/mol. The number of amides is 1. The van der Waals surface area contributed by atoms with E-state index >= 15 is 0 Å². The molecule has 30 heavy (non-hydrogen) atoms. The van der Waals surface area contributed by atoms with E-state index in [1.54, 1.807) is 4.90 Å². The van der Waals surface area contributed by atoms with Crippen molar-refractivity contribution in [3.05, 3.63) is 70.6 Å². The van der Waals surface area contributed by atoms with Crippen molar-refractivity contribution in [3.8, 4) is 5.75 Å². The van der Waals surface area contributed by atoms with Crippen LogP contribution < -0.4 is 4.74 Å². The lowest BCUT2D eigenvalue weighted by atomic mass is 10.1. The van der Waals surface area contributed by atoms with Gasteiger partial charge in [-0.3, -0.25) is 9.69 Å². The highest BCUT2D eigenvalue weighted by Crippen LogP contribution is 2.33. The first kappa shape index (κ1) is 22.6. The van der Waals surface area contributed by atoms with Crippen molar-refractivity contribution < 1.29 is 9.53 Å². The van der Waals surface area contributed by atoms with E-state index in [0.717, 1.165) is 29.9 Å². The van der Waals surface area contributed by atoms with E-state index in [9.17, 15) is 4.79 Å². The van der Waals surface area contributed by atoms with Crippen LogP contribution in [0.4, 0.5) is 0 Å². The van der Waals surface area contributed by atoms with Gasteiger partial charge in [0, 0.05) is 0 Å². The Morgan fingerprint density at radius 2 is 1.67 bits per heavy atom. The van der Waals surface area contributed by atoms with Crippen LogP contribution in [-0.2, 0) is 11.3 Å². The van der Waals surface area contributed by atoms with Gasteiger partial charge < -0.3 is 4.74 Å². The van der Waals surface area contributed by atoms with Gasteiger partial charge >= 0.3 is 0 Å². The summed E-state index contributed by atoms with van der Waals surface area (Å²) in [7, 11) is 0. The molecule has 1 amide bonds. The van der Waals surface area contributed by atoms with E-state index in [1.807, 2.05) is 60.7 Å². The highest BCUT2D eigenvalue weighted by Gasteiger charge is 2.31. The van der Waals surface area contributed by atoms with E-state index in [2.05, 4.69) is 6.92 Å². The van der Waals surface area contributed by atoms with Crippen molar-refractivity contribution in [2.45, 2.75) is 52.0 Å². The minimum absolute atomic E-state index is 0.0303. The van der Waals surface area contributed by atoms with Crippen molar-refractivity contribution in [1.82, 2.24) is 4.90 Å². The lowest BCUT2D eigenvalue weighted by Gasteiger charge is -2.14. The lowest BCUT2D eigenvalue weighted by Crippen LogP contribution is -2.27. The quantitative estimate of drug-likeness (QED) is 0.218. The van der Waals surface area contributed by atoms with Crippen molar-refractivity contribution in [3.63, 3.8) is 0 Å². The molecule has 0 aliphatic carbocycles. The molecule has 1 aliphatic rings. The molecule has 0 spiro atoms. The largest absolute Gasteiger partial charge is 0.494 e. The standard InChI is InChI=1S/C25H29NO2S2/c1-2-3-4-5-6-10-17-28-22-15-13-20(14-16-22)18-23-24(27)26(25(29)30-23)19-21-11-8-7-9-12-21/h7-9,11-16,18H,2-6,10,17,19H2,1H3/b23-18-. The number of rotatable bonds is 11. The zero-order valence-electron chi connectivity index (χ0n) is 17.5. The summed E-state index contributed by atoms with van der Waals surface area (Å²) >= 11 is 6.79. The number of unbranched alkanes of at least 4 members (excludes halogenated alkanes) is 5. The van der Waals surface area contributed by atoms with Crippen molar-refractivity contribution in [1.29, 1.82) is 0 Å². The second-order valence-corrected chi connectivity index (χ2v) is 9.11. The Bertz CT molecular complexity index is 862. The van der Waals surface area contributed by atoms with Gasteiger partial charge in [-0.15, -0.1) is 0 Å². The van der Waals surface area contributed by atoms with Gasteiger partial charge in [-0.05, 0) is 35.8 Å². The molecule has 3 rings (SSSR count). The van der Waals surface area contributed by atoms with Crippen LogP contribution in [0.2, 0.25) is 0 Å². The molecule has 5 heteroatoms. The number of carbonyl (C=O) groups is 1. The maximum Gasteiger partial charge on any atom is 0.266 e. The van der Waals surface area contributed by atoms with Gasteiger partial charge in [-0.2, -0.15) is 0 Å². The number of ether oxygens (including phenoxy) is 1. The number of nitrogens with zero attached hydrogens (tertiary/aromatic N) is 1. The lowest BCUT2D eigenvalue weighted by molar-refractivity contribution is -0.122. The van der Waals surface area contributed by atoms with Gasteiger partial charge in [-0.1, -0.05) is 105 Å². The van der Waals surface area contributed by atoms with Gasteiger partial charge in [0.15, 0.2) is 0 Å². The second-order valence-electron chi connectivity index (χ2n) is 7.44. The minimum Gasteiger partial charge on any atom is -0.494 e. The van der Waals surface area contributed by atoms with E-state index in [0.29, 0.717) is 15.8 Å². The SMILES string of the molecule is CCCCCCCCOc1ccc(/C=C2\SC(=S)N(Cc3ccccc3)C2=O)cc1. The first-order valence-electron chi connectivity index (χ1n) is 10.7. The zero-order chi connectivity index (χ0) is 21.2. The van der Waals surface area contributed by atoms with E-state index in [1.165, 1.54) is 43.9 Å². The summed E-state index contributed by atoms with van der Waals surface area (Å²) in [6.07, 6.45) is 9.44. The molecule has 1 heterocycles. The van der Waals surface area contributed by atoms with Gasteiger partial charge in [0.2, 0.25) is 0 Å². The van der Waals surface area contributed by atoms with E-state index in [-0.39, 0.29) is 5.91 Å². The fourth-order valence-corrected chi connectivity index (χ4v) is 4.54. The molecule has 0 N–H and O–H groups in total. The number of thioether (sulfide) groups is 1. The van der Waals surface area contributed by atoms with E-state index < -0.39 is 0 Å². The third-order valence-electron chi connectivity index (χ3n) is 5.00. The van der Waals surface area contributed by atoms with Crippen molar-refractivity contribution >= 4 is 40.3 Å². The molecule has 1 saturated heterocycles. The molecule has 0 unspecified atom stereocenters. The number of hydrogen-bond donors (Lipinski definition) is 0. The third-order valence-corrected chi connectivity index (χ3v) is 6.38. The molecule has 3 nitrogen and oxygen atoms in total. The molecule has 0 atom stereocenters. The molecule has 2 aromatic rings. The van der Waals surface area contributed by atoms with Crippen LogP contribution in [-0.4, -0.2) is 21.7 Å². The van der Waals surface area contributed by atoms with Gasteiger partial charge in [0.1, 0.15) is 10.1 Å². The van der Waals surface area contributed by atoms with Gasteiger partial charge in [-0.25, -0.2) is 0 Å². The van der Waals surface area contributed by atoms with Crippen LogP contribution >= 0.6 is 24.0 Å². The normalized spacial score (nSPS) is 15.2. The molecule has 0 aromatic heterocycles. The van der Waals surface area contributed by atoms with Gasteiger partial charge in [0.05, 0.1) is 18.1 Å². The summed E-state index contributed by atoms with van der Waals surface area (Å²) in [5.74, 6) is 0.842. The zero-order valence-corrected chi connectivity index (χ0v) is 19.1. The molecule has 2 aromatic carbocycles. The molecule has 1 fully saturated rings. The fraction of sp³-hybridized carbons (Fsp3) is 0.360. The number of thiocarbonyl (C=S) groups is 1. The van der Waals surface area contributed by atoms with Crippen LogP contribution in [0, 0.1) is 0 Å². The number of benzene rings is 2. The number of carbonyl (C=O) groups excluding carboxylic acids is 1. The van der Waals surface area contributed by atoms with E-state index in [4.69, 9.17) is 17.0 Å². The summed E-state index contributed by atoms with van der Waals surface area (Å²) in [5, 5.41) is 0. The first-order chi connectivity index (χ1) is 14.7. The topological polar surface area (TPSA) is 29.5 Å². The summed E-state index contributed by atoms with van der Waals surface area (Å²) < 4.78 is 6.44. The molecule has 0 bridgehead atoms. The number of hydrogen-bond acceptors (Lipinski definition) is 4. The monoisotopic (exact) mass is 439 g/mol. The molecule has 1 aliphatic heterocycles. The molecule has 0 radical (unpaired) electrons. The van der Waals surface area contributed by atoms with Crippen LogP contribution in [0.15, 0.2) is 59.5 Å². The fourth-order valence-electron chi connectivity index (χ4n) is 3.29. The molecule has 158 valence electrons. The minimum atomic E-state index is -0.0303. The average Bonchev–Trinajstić information content (AvgIpc) is 3.02. The summed E-state index contributed by atoms with van der Waals surface area (Å²) in [5.41, 5.74) is 2.05. The summed E-state index contributed by atoms with van der Waals surface area (Å²) in [6, 6.07) is 17.8. The average molecular weight is 440 g/mol. The predicted octanol–water partition coefficient (Wildman–Crippen LogP) is 6.83. The molecule has 0 saturated carbocycles. The summed E-state index contributed by atoms with van der Waals surface area (Å²) in [4.78, 5) is 15.1. The highest BCUT2D eigenvalue weighted by atomic mass is 32.2.